The number of sulfone groups is 1. The van der Waals surface area contributed by atoms with E-state index in [9.17, 15) is 27.6 Å². The normalized spacial score (nSPS) is 22.6. The van der Waals surface area contributed by atoms with Gasteiger partial charge < -0.3 is 14.4 Å². The highest BCUT2D eigenvalue weighted by Crippen LogP contribution is 2.50. The number of amides is 3. The molecule has 2 aliphatic heterocycles. The Hall–Kier alpha value is -5.12. The zero-order valence-corrected chi connectivity index (χ0v) is 23.8. The number of pyridine rings is 1. The summed E-state index contributed by atoms with van der Waals surface area (Å²) in [4.78, 5) is 56.0. The fourth-order valence-electron chi connectivity index (χ4n) is 5.27. The highest BCUT2D eigenvalue weighted by Gasteiger charge is 2.73. The number of carbonyl (C=O) groups excluding carboxylic acids is 4. The molecule has 44 heavy (non-hydrogen) atoms. The van der Waals surface area contributed by atoms with E-state index in [1.54, 1.807) is 60.7 Å². The van der Waals surface area contributed by atoms with Gasteiger partial charge in [-0.15, -0.1) is 0 Å². The first-order chi connectivity index (χ1) is 21.0. The van der Waals surface area contributed by atoms with Crippen molar-refractivity contribution in [1.29, 1.82) is 0 Å². The number of aromatic nitrogens is 1. The van der Waals surface area contributed by atoms with Crippen molar-refractivity contribution in [2.75, 3.05) is 6.61 Å². The van der Waals surface area contributed by atoms with Gasteiger partial charge in [-0.3, -0.25) is 25.0 Å². The minimum absolute atomic E-state index is 0.0187. The van der Waals surface area contributed by atoms with Crippen LogP contribution >= 0.6 is 0 Å². The number of β-lactam (4-membered cyclic amide) rings is 1. The lowest BCUT2D eigenvalue weighted by atomic mass is 9.93. The molecule has 0 spiro atoms. The van der Waals surface area contributed by atoms with Crippen LogP contribution < -0.4 is 11.0 Å². The number of ether oxygens (including phenoxy) is 2. The van der Waals surface area contributed by atoms with E-state index in [1.165, 1.54) is 29.3 Å². The van der Waals surface area contributed by atoms with Gasteiger partial charge in [0.2, 0.25) is 0 Å². The number of hydrogen-bond acceptors (Lipinski definition) is 11. The molecule has 2 aromatic carbocycles. The molecule has 3 heterocycles. The number of nitrogens with zero attached hydrogens (tertiary/aromatic N) is 2. The van der Waals surface area contributed by atoms with Gasteiger partial charge in [0.1, 0.15) is 11.4 Å². The van der Waals surface area contributed by atoms with Crippen LogP contribution in [-0.4, -0.2) is 75.4 Å². The average Bonchev–Trinajstić information content (AvgIpc) is 3.21. The second kappa shape index (κ2) is 11.9. The molecule has 14 nitrogen and oxygen atoms in total. The topological polar surface area (TPSA) is 202 Å². The molecule has 4 N–H and O–H groups in total. The predicted octanol–water partition coefficient (Wildman–Crippen LogP) is 1.76. The quantitative estimate of drug-likeness (QED) is 0.0937. The number of hydroxylamine groups is 2. The molecule has 3 atom stereocenters. The van der Waals surface area contributed by atoms with Crippen molar-refractivity contribution < 1.29 is 47.5 Å². The molecule has 1 aromatic heterocycles. The van der Waals surface area contributed by atoms with Gasteiger partial charge in [0.15, 0.2) is 27.4 Å². The maximum atomic E-state index is 14.1. The van der Waals surface area contributed by atoms with Gasteiger partial charge in [-0.2, -0.15) is 0 Å². The third-order valence-electron chi connectivity index (χ3n) is 7.49. The Kier molecular flexibility index (Phi) is 8.19. The van der Waals surface area contributed by atoms with Gasteiger partial charge in [-0.05, 0) is 36.3 Å². The van der Waals surface area contributed by atoms with Crippen LogP contribution in [0.15, 0.2) is 84.6 Å². The van der Waals surface area contributed by atoms with Crippen LogP contribution in [0.1, 0.15) is 40.2 Å². The fourth-order valence-corrected chi connectivity index (χ4v) is 7.55. The molecule has 5 rings (SSSR count). The van der Waals surface area contributed by atoms with E-state index in [2.05, 4.69) is 4.98 Å². The second-order valence-electron chi connectivity index (χ2n) is 10.2. The van der Waals surface area contributed by atoms with Gasteiger partial charge in [0.25, 0.3) is 11.8 Å². The predicted molar refractivity (Wildman–Crippen MR) is 150 cm³/mol. The first kappa shape index (κ1) is 30.3. The molecule has 0 bridgehead atoms. The monoisotopic (exact) mass is 622 g/mol. The lowest BCUT2D eigenvalue weighted by Crippen LogP contribution is -2.60. The van der Waals surface area contributed by atoms with Crippen molar-refractivity contribution in [3.63, 3.8) is 0 Å². The van der Waals surface area contributed by atoms with E-state index in [0.717, 1.165) is 17.9 Å². The minimum Gasteiger partial charge on any atom is -0.451 e. The lowest BCUT2D eigenvalue weighted by molar-refractivity contribution is -0.161. The third-order valence-corrected chi connectivity index (χ3v) is 10.2. The van der Waals surface area contributed by atoms with Crippen LogP contribution in [0.2, 0.25) is 0 Å². The molecule has 2 fully saturated rings. The Morgan fingerprint density at radius 2 is 1.64 bits per heavy atom. The smallest absolute Gasteiger partial charge is 0.431 e. The minimum atomic E-state index is -4.52. The zero-order valence-electron chi connectivity index (χ0n) is 23.0. The number of fused-ring (bicyclic) bond motifs is 1. The Morgan fingerprint density at radius 1 is 1.02 bits per heavy atom. The fraction of sp³-hybridized carbons (Fsp3) is 0.207. The molecule has 0 aliphatic carbocycles. The number of rotatable bonds is 8. The summed E-state index contributed by atoms with van der Waals surface area (Å²) in [5.41, 5.74) is 3.62. The van der Waals surface area contributed by atoms with Gasteiger partial charge >= 0.3 is 12.1 Å². The number of benzene rings is 2. The van der Waals surface area contributed by atoms with Crippen LogP contribution in [0.25, 0.3) is 6.08 Å². The molecule has 2 aliphatic rings. The summed E-state index contributed by atoms with van der Waals surface area (Å²) in [7, 11) is -4.52. The molecular weight excluding hydrogens is 596 g/mol. The summed E-state index contributed by atoms with van der Waals surface area (Å²) < 4.78 is 36.7. The van der Waals surface area contributed by atoms with E-state index in [1.807, 2.05) is 0 Å². The number of carbonyl (C=O) groups is 4. The largest absolute Gasteiger partial charge is 0.451 e. The highest BCUT2D eigenvalue weighted by atomic mass is 32.2. The number of hydrogen-bond donors (Lipinski definition) is 4. The van der Waals surface area contributed by atoms with E-state index in [0.29, 0.717) is 11.1 Å². The third kappa shape index (κ3) is 5.16. The van der Waals surface area contributed by atoms with E-state index in [4.69, 9.17) is 19.9 Å². The molecule has 2 saturated heterocycles. The summed E-state index contributed by atoms with van der Waals surface area (Å²) in [5, 5.41) is 16.2. The van der Waals surface area contributed by atoms with Crippen LogP contribution in [0.3, 0.4) is 0 Å². The van der Waals surface area contributed by atoms with Crippen molar-refractivity contribution >= 4 is 39.8 Å². The van der Waals surface area contributed by atoms with Crippen molar-refractivity contribution in [3.8, 4) is 0 Å². The van der Waals surface area contributed by atoms with Crippen LogP contribution in [-0.2, 0) is 28.9 Å². The Morgan fingerprint density at radius 3 is 2.20 bits per heavy atom. The van der Waals surface area contributed by atoms with Crippen molar-refractivity contribution in [2.24, 2.45) is 0 Å². The van der Waals surface area contributed by atoms with Crippen LogP contribution in [0.5, 0.6) is 0 Å². The highest BCUT2D eigenvalue weighted by molar-refractivity contribution is 7.94. The maximum Gasteiger partial charge on any atom is 0.431 e. The van der Waals surface area contributed by atoms with Gasteiger partial charge in [-0.1, -0.05) is 60.7 Å². The molecule has 3 aromatic rings. The molecule has 0 unspecified atom stereocenters. The van der Waals surface area contributed by atoms with Crippen LogP contribution in [0, 0.1) is 0 Å². The van der Waals surface area contributed by atoms with Gasteiger partial charge in [-0.25, -0.2) is 29.0 Å². The first-order valence-corrected chi connectivity index (χ1v) is 14.6. The Balaban J connectivity index is 1.55. The van der Waals surface area contributed by atoms with Gasteiger partial charge in [0, 0.05) is 11.8 Å². The first-order valence-electron chi connectivity index (χ1n) is 13.1. The average molecular weight is 623 g/mol. The van der Waals surface area contributed by atoms with Crippen LogP contribution in [0.4, 0.5) is 4.79 Å². The summed E-state index contributed by atoms with van der Waals surface area (Å²) in [5.74, 6) is -2.76. The van der Waals surface area contributed by atoms with Crippen molar-refractivity contribution in [3.05, 3.63) is 107 Å². The molecule has 3 amide bonds. The van der Waals surface area contributed by atoms with E-state index < -0.39 is 62.6 Å². The van der Waals surface area contributed by atoms with E-state index >= 15 is 0 Å². The molecular formula is C29H26N4O10S. The summed E-state index contributed by atoms with van der Waals surface area (Å²) in [6.45, 7) is 0.230. The second-order valence-corrected chi connectivity index (χ2v) is 12.6. The molecule has 15 heteroatoms. The Labute approximate surface area is 250 Å². The summed E-state index contributed by atoms with van der Waals surface area (Å²) >= 11 is 0. The number of nitrogens with one attached hydrogen (secondary N) is 2. The Bertz CT molecular complexity index is 1710. The lowest BCUT2D eigenvalue weighted by Gasteiger charge is -2.39. The van der Waals surface area contributed by atoms with Crippen molar-refractivity contribution in [1.82, 2.24) is 20.8 Å². The number of esters is 1. The zero-order chi connectivity index (χ0) is 31.6. The maximum absolute atomic E-state index is 14.1. The molecule has 0 radical (unpaired) electrons. The molecule has 228 valence electrons. The summed E-state index contributed by atoms with van der Waals surface area (Å²) in [6.07, 6.45) is 0.0227. The molecule has 0 saturated carbocycles. The standard InChI is InChI=1S/C29H26N4O10S/c1-29(16-42-28(37)32-39)23(27(36)43-22(17-8-4-2-5-9-17)18-10-6-3-7-11-18)33-25(35)21(26(33)44(29,40)41)15-20-14-19(12-13-30-20)24(34)31-38/h2-15,22-23,26,38-39H,16H2,1H3,(H,31,34)(H,32,37)/b21-15-/t23-,26+,29-/m0/s1. The summed E-state index contributed by atoms with van der Waals surface area (Å²) in [6, 6.07) is 18.1. The van der Waals surface area contributed by atoms with Gasteiger partial charge in [0.05, 0.1) is 11.3 Å². The SMILES string of the molecule is C[C@]1(COC(=O)NO)[C@H](C(=O)OC(c2ccccc2)c2ccccc2)N2C(=O)/C(=C/c3cc(C(=O)NO)ccn3)[C@H]2S1(=O)=O. The van der Waals surface area contributed by atoms with Crippen molar-refractivity contribution in [2.45, 2.75) is 29.2 Å². The van der Waals surface area contributed by atoms with E-state index in [-0.39, 0.29) is 16.8 Å².